The second kappa shape index (κ2) is 11.7. The van der Waals surface area contributed by atoms with Crippen molar-refractivity contribution in [3.8, 4) is 0 Å². The molecule has 0 aromatic heterocycles. The Bertz CT molecular complexity index is 1420. The summed E-state index contributed by atoms with van der Waals surface area (Å²) in [4.78, 5) is 23.2. The maximum absolute atomic E-state index is 16.2. The van der Waals surface area contributed by atoms with Gasteiger partial charge in [0.2, 0.25) is 0 Å². The van der Waals surface area contributed by atoms with Crippen LogP contribution in [-0.2, 0) is 26.2 Å². The molecule has 2 aliphatic carbocycles. The van der Waals surface area contributed by atoms with E-state index in [-0.39, 0.29) is 20.6 Å². The molecule has 0 fully saturated rings. The molecule has 0 heterocycles. The third-order valence-electron chi connectivity index (χ3n) is 6.58. The standard InChI is InChI=1S/2C8H3F5NO.2C5H5.Ti/c2*9-4-1-2-6(5(10)3-4)14(13)8(15)7(11)12;2*1-2-4-5-3-1;/h2*1-2,7H;2*1-3H,4H2;. The first kappa shape index (κ1) is 30.3. The van der Waals surface area contributed by atoms with E-state index in [1.165, 1.54) is 36.5 Å². The molecular formula is C26H16F10N2O2Ti. The van der Waals surface area contributed by atoms with Crippen LogP contribution in [-0.4, -0.2) is 24.7 Å². The summed E-state index contributed by atoms with van der Waals surface area (Å²) in [5, 5.41) is -2.54. The van der Waals surface area contributed by atoms with Crippen molar-refractivity contribution in [1.82, 2.24) is 0 Å². The van der Waals surface area contributed by atoms with E-state index in [9.17, 15) is 36.1 Å². The van der Waals surface area contributed by atoms with Crippen molar-refractivity contribution in [3.05, 3.63) is 91.7 Å². The minimum absolute atomic E-state index is 0.000962. The number of carbonyl (C=O) groups excluding carboxylic acids is 2. The van der Waals surface area contributed by atoms with E-state index in [1.807, 2.05) is 0 Å². The fourth-order valence-electron chi connectivity index (χ4n) is 4.91. The number of halogens is 10. The molecule has 0 bridgehead atoms. The van der Waals surface area contributed by atoms with Gasteiger partial charge in [0.25, 0.3) is 0 Å². The predicted molar refractivity (Wildman–Crippen MR) is 125 cm³/mol. The van der Waals surface area contributed by atoms with Crippen LogP contribution in [0.25, 0.3) is 0 Å². The zero-order valence-electron chi connectivity index (χ0n) is 20.3. The van der Waals surface area contributed by atoms with Gasteiger partial charge in [0.05, 0.1) is 0 Å². The molecule has 41 heavy (non-hydrogen) atoms. The first-order valence-corrected chi connectivity index (χ1v) is 14.7. The summed E-state index contributed by atoms with van der Waals surface area (Å²) in [6.45, 7) is 0. The van der Waals surface area contributed by atoms with Gasteiger partial charge in [-0.3, -0.25) is 0 Å². The summed E-state index contributed by atoms with van der Waals surface area (Å²) in [5.74, 6) is -11.9. The number of nitrogens with zero attached hydrogens (tertiary/aromatic N) is 2. The first-order chi connectivity index (χ1) is 19.3. The number of amides is 2. The van der Waals surface area contributed by atoms with E-state index >= 15 is 17.6 Å². The number of hydrogen-bond donors (Lipinski definition) is 0. The molecule has 15 heteroatoms. The van der Waals surface area contributed by atoms with E-state index < -0.39 is 93.9 Å². The second-order valence-electron chi connectivity index (χ2n) is 8.75. The summed E-state index contributed by atoms with van der Waals surface area (Å²) < 4.78 is 143. The molecule has 0 radical (unpaired) electrons. The van der Waals surface area contributed by atoms with Gasteiger partial charge in [-0.15, -0.1) is 0 Å². The van der Waals surface area contributed by atoms with Crippen LogP contribution in [0.15, 0.2) is 68.5 Å². The molecule has 0 N–H and O–H groups in total. The van der Waals surface area contributed by atoms with Crippen molar-refractivity contribution in [2.45, 2.75) is 25.7 Å². The Morgan fingerprint density at radius 1 is 0.659 bits per heavy atom. The van der Waals surface area contributed by atoms with E-state index in [2.05, 4.69) is 0 Å². The molecule has 2 aromatic carbocycles. The zero-order chi connectivity index (χ0) is 30.2. The number of carbonyl (C=O) groups is 2. The fraction of sp³-hybridized carbons (Fsp3) is 0.154. The van der Waals surface area contributed by atoms with Gasteiger partial charge in [-0.25, -0.2) is 0 Å². The van der Waals surface area contributed by atoms with Crippen LogP contribution in [0.5, 0.6) is 0 Å². The van der Waals surface area contributed by atoms with Crippen LogP contribution in [0, 0.1) is 23.3 Å². The van der Waals surface area contributed by atoms with E-state index in [4.69, 9.17) is 0 Å². The Labute approximate surface area is 228 Å². The van der Waals surface area contributed by atoms with Crippen LogP contribution in [0.3, 0.4) is 0 Å². The van der Waals surface area contributed by atoms with E-state index in [0.717, 1.165) is 0 Å². The Kier molecular flexibility index (Phi) is 8.64. The average molecular weight is 626 g/mol. The quantitative estimate of drug-likeness (QED) is 0.205. The second-order valence-corrected chi connectivity index (χ2v) is 14.7. The molecule has 4 nitrogen and oxygen atoms in total. The fourth-order valence-corrected chi connectivity index (χ4v) is 13.2. The maximum atomic E-state index is 16.2. The third kappa shape index (κ3) is 5.03. The Morgan fingerprint density at radius 2 is 1.02 bits per heavy atom. The van der Waals surface area contributed by atoms with Crippen LogP contribution < -0.4 is 18.0 Å². The van der Waals surface area contributed by atoms with Gasteiger partial charge >= 0.3 is 229 Å². The Morgan fingerprint density at radius 3 is 1.32 bits per heavy atom. The topological polar surface area (TPSA) is 40.6 Å². The monoisotopic (exact) mass is 626 g/mol. The molecule has 4 rings (SSSR count). The molecule has 0 spiro atoms. The van der Waals surface area contributed by atoms with Crippen molar-refractivity contribution in [2.24, 2.45) is 0 Å². The number of rotatable bonds is 8. The molecule has 0 atom stereocenters. The normalized spacial score (nSPS) is 14.6. The summed E-state index contributed by atoms with van der Waals surface area (Å²) >= 11 is -5.81. The predicted octanol–water partition coefficient (Wildman–Crippen LogP) is 6.00. The molecule has 0 saturated carbocycles. The van der Waals surface area contributed by atoms with Gasteiger partial charge < -0.3 is 0 Å². The zero-order valence-corrected chi connectivity index (χ0v) is 21.9. The molecule has 216 valence electrons. The minimum atomic E-state index is -5.81. The summed E-state index contributed by atoms with van der Waals surface area (Å²) in [5.41, 5.74) is -2.98. The van der Waals surface area contributed by atoms with Gasteiger partial charge in [-0.05, 0) is 0 Å². The molecule has 0 unspecified atom stereocenters. The van der Waals surface area contributed by atoms with Crippen molar-refractivity contribution < 1.29 is 70.3 Å². The molecule has 2 aromatic rings. The molecule has 0 aliphatic heterocycles. The molecule has 0 saturated heterocycles. The number of hydrogen-bond acceptors (Lipinski definition) is 2. The Balaban J connectivity index is 2.15. The van der Waals surface area contributed by atoms with Crippen molar-refractivity contribution >= 4 is 30.9 Å². The number of benzene rings is 2. The SMILES string of the molecule is O=C(C(F)F)N(F)c1ccc(F)[c]([Ti]([C]2=CC=CC2)([C]2=CC=CC2)[c]2c(F)ccc(N(F)C(=O)C(F)F)c2F)c1F. The average Bonchev–Trinajstić information content (AvgIpc) is 3.66. The van der Waals surface area contributed by atoms with Crippen LogP contribution in [0.2, 0.25) is 0 Å². The summed E-state index contributed by atoms with van der Waals surface area (Å²) in [7, 11) is 0. The van der Waals surface area contributed by atoms with Crippen molar-refractivity contribution in [2.75, 3.05) is 10.2 Å². The van der Waals surface area contributed by atoms with Crippen molar-refractivity contribution in [1.29, 1.82) is 0 Å². The van der Waals surface area contributed by atoms with Gasteiger partial charge in [-0.2, -0.15) is 0 Å². The number of alkyl halides is 4. The first-order valence-electron chi connectivity index (χ1n) is 11.6. The van der Waals surface area contributed by atoms with Gasteiger partial charge in [0.15, 0.2) is 0 Å². The van der Waals surface area contributed by atoms with Crippen molar-refractivity contribution in [3.63, 3.8) is 0 Å². The summed E-state index contributed by atoms with van der Waals surface area (Å²) in [6, 6.07) is 1.48. The molecule has 2 aliphatic rings. The number of allylic oxidation sites excluding steroid dienone is 8. The van der Waals surface area contributed by atoms with E-state index in [0.29, 0.717) is 24.3 Å². The molecule has 2 amide bonds. The molecular weight excluding hydrogens is 610 g/mol. The third-order valence-corrected chi connectivity index (χ3v) is 14.5. The van der Waals surface area contributed by atoms with Crippen LogP contribution in [0.1, 0.15) is 12.8 Å². The van der Waals surface area contributed by atoms with Gasteiger partial charge in [-0.1, -0.05) is 0 Å². The van der Waals surface area contributed by atoms with Gasteiger partial charge in [0.1, 0.15) is 0 Å². The van der Waals surface area contributed by atoms with Crippen LogP contribution >= 0.6 is 0 Å². The number of anilines is 2. The van der Waals surface area contributed by atoms with E-state index in [1.54, 1.807) is 0 Å². The summed E-state index contributed by atoms with van der Waals surface area (Å²) in [6.07, 6.45) is -0.0573. The van der Waals surface area contributed by atoms with Gasteiger partial charge in [0, 0.05) is 0 Å². The van der Waals surface area contributed by atoms with Crippen LogP contribution in [0.4, 0.5) is 55.5 Å². The Hall–Kier alpha value is -3.65.